The molecule has 0 aromatic heterocycles. The van der Waals surface area contributed by atoms with E-state index in [1.165, 1.54) is 0 Å². The molecule has 126 valence electrons. The lowest BCUT2D eigenvalue weighted by molar-refractivity contribution is -0.144. The van der Waals surface area contributed by atoms with Gasteiger partial charge in [-0.05, 0) is 31.1 Å². The van der Waals surface area contributed by atoms with Gasteiger partial charge in [0, 0.05) is 45.4 Å². The lowest BCUT2D eigenvalue weighted by Gasteiger charge is -2.46. The fourth-order valence-corrected chi connectivity index (χ4v) is 4.17. The standard InChI is InChI=1S/C17H30N2O3/c1-17(2)9-15(20)3-6-18(12-17)16(21)13-10-19(11-13)14-4-7-22-8-5-14/h13-15,20H,3-12H2,1-2H3. The summed E-state index contributed by atoms with van der Waals surface area (Å²) in [5, 5.41) is 9.99. The van der Waals surface area contributed by atoms with Crippen molar-refractivity contribution in [3.05, 3.63) is 0 Å². The molecule has 0 aromatic carbocycles. The number of rotatable bonds is 2. The van der Waals surface area contributed by atoms with E-state index in [2.05, 4.69) is 18.7 Å². The molecule has 3 heterocycles. The molecule has 1 unspecified atom stereocenters. The third kappa shape index (κ3) is 3.63. The van der Waals surface area contributed by atoms with Crippen molar-refractivity contribution < 1.29 is 14.6 Å². The number of hydrogen-bond acceptors (Lipinski definition) is 4. The van der Waals surface area contributed by atoms with Crippen LogP contribution in [-0.4, -0.2) is 72.4 Å². The molecule has 3 fully saturated rings. The Balaban J connectivity index is 1.52. The maximum Gasteiger partial charge on any atom is 0.228 e. The Morgan fingerprint density at radius 2 is 1.86 bits per heavy atom. The number of carbonyl (C=O) groups is 1. The average Bonchev–Trinajstić information content (AvgIpc) is 2.55. The van der Waals surface area contributed by atoms with Gasteiger partial charge in [0.25, 0.3) is 0 Å². The van der Waals surface area contributed by atoms with Gasteiger partial charge in [-0.3, -0.25) is 9.69 Å². The Hall–Kier alpha value is -0.650. The van der Waals surface area contributed by atoms with Crippen molar-refractivity contribution in [3.8, 4) is 0 Å². The number of ether oxygens (including phenoxy) is 1. The first-order chi connectivity index (χ1) is 10.4. The van der Waals surface area contributed by atoms with Gasteiger partial charge in [0.05, 0.1) is 12.0 Å². The van der Waals surface area contributed by atoms with Crippen LogP contribution in [0.15, 0.2) is 0 Å². The van der Waals surface area contributed by atoms with Crippen LogP contribution in [0.4, 0.5) is 0 Å². The molecule has 0 bridgehead atoms. The summed E-state index contributed by atoms with van der Waals surface area (Å²) in [5.74, 6) is 0.458. The maximum absolute atomic E-state index is 12.7. The van der Waals surface area contributed by atoms with Crippen LogP contribution in [-0.2, 0) is 9.53 Å². The van der Waals surface area contributed by atoms with Crippen LogP contribution in [0, 0.1) is 11.3 Å². The SMILES string of the molecule is CC1(C)CC(O)CCN(C(=O)C2CN(C3CCOCC3)C2)C1. The summed E-state index contributed by atoms with van der Waals surface area (Å²) >= 11 is 0. The Kier molecular flexibility index (Phi) is 4.76. The molecule has 5 heteroatoms. The second-order valence-corrected chi connectivity index (χ2v) is 8.07. The largest absolute Gasteiger partial charge is 0.393 e. The van der Waals surface area contributed by atoms with Gasteiger partial charge in [0.15, 0.2) is 0 Å². The van der Waals surface area contributed by atoms with E-state index in [-0.39, 0.29) is 17.4 Å². The second-order valence-electron chi connectivity index (χ2n) is 8.07. The molecule has 0 aliphatic carbocycles. The third-order valence-electron chi connectivity index (χ3n) is 5.42. The molecule has 3 saturated heterocycles. The van der Waals surface area contributed by atoms with Gasteiger partial charge in [-0.15, -0.1) is 0 Å². The zero-order valence-electron chi connectivity index (χ0n) is 14.0. The van der Waals surface area contributed by atoms with Crippen LogP contribution in [0.5, 0.6) is 0 Å². The zero-order valence-corrected chi connectivity index (χ0v) is 14.0. The van der Waals surface area contributed by atoms with E-state index in [4.69, 9.17) is 4.74 Å². The summed E-state index contributed by atoms with van der Waals surface area (Å²) in [6.45, 7) is 9.31. The highest BCUT2D eigenvalue weighted by molar-refractivity contribution is 5.80. The second kappa shape index (κ2) is 6.46. The Morgan fingerprint density at radius 1 is 1.18 bits per heavy atom. The molecule has 3 rings (SSSR count). The number of carbonyl (C=O) groups excluding carboxylic acids is 1. The molecule has 3 aliphatic rings. The highest BCUT2D eigenvalue weighted by Crippen LogP contribution is 2.31. The van der Waals surface area contributed by atoms with E-state index in [1.54, 1.807) is 0 Å². The normalized spacial score (nSPS) is 31.6. The summed E-state index contributed by atoms with van der Waals surface area (Å²) in [4.78, 5) is 17.2. The summed E-state index contributed by atoms with van der Waals surface area (Å²) in [7, 11) is 0. The van der Waals surface area contributed by atoms with Gasteiger partial charge >= 0.3 is 0 Å². The summed E-state index contributed by atoms with van der Waals surface area (Å²) < 4.78 is 5.41. The number of aliphatic hydroxyl groups is 1. The minimum atomic E-state index is -0.270. The predicted octanol–water partition coefficient (Wildman–Crippen LogP) is 1.11. The van der Waals surface area contributed by atoms with Crippen LogP contribution in [0.3, 0.4) is 0 Å². The first kappa shape index (κ1) is 16.2. The van der Waals surface area contributed by atoms with Crippen LogP contribution >= 0.6 is 0 Å². The van der Waals surface area contributed by atoms with Crippen molar-refractivity contribution in [3.63, 3.8) is 0 Å². The first-order valence-corrected chi connectivity index (χ1v) is 8.73. The van der Waals surface area contributed by atoms with Gasteiger partial charge in [-0.1, -0.05) is 13.8 Å². The molecule has 0 spiro atoms. The van der Waals surface area contributed by atoms with Crippen molar-refractivity contribution in [1.82, 2.24) is 9.80 Å². The number of aliphatic hydroxyl groups excluding tert-OH is 1. The van der Waals surface area contributed by atoms with Crippen molar-refractivity contribution in [1.29, 1.82) is 0 Å². The lowest BCUT2D eigenvalue weighted by atomic mass is 9.86. The zero-order chi connectivity index (χ0) is 15.7. The van der Waals surface area contributed by atoms with E-state index in [9.17, 15) is 9.90 Å². The fraction of sp³-hybridized carbons (Fsp3) is 0.941. The number of amides is 1. The summed E-state index contributed by atoms with van der Waals surface area (Å²) in [6, 6.07) is 0.611. The van der Waals surface area contributed by atoms with Crippen molar-refractivity contribution in [2.45, 2.75) is 51.7 Å². The van der Waals surface area contributed by atoms with Crippen LogP contribution in [0.25, 0.3) is 0 Å². The molecule has 3 aliphatic heterocycles. The van der Waals surface area contributed by atoms with Gasteiger partial charge in [0.2, 0.25) is 5.91 Å². The molecule has 1 amide bonds. The predicted molar refractivity (Wildman–Crippen MR) is 84.5 cm³/mol. The van der Waals surface area contributed by atoms with Crippen molar-refractivity contribution >= 4 is 5.91 Å². The van der Waals surface area contributed by atoms with Crippen LogP contribution < -0.4 is 0 Å². The van der Waals surface area contributed by atoms with Gasteiger partial charge in [0.1, 0.15) is 0 Å². The Morgan fingerprint density at radius 3 is 2.55 bits per heavy atom. The monoisotopic (exact) mass is 310 g/mol. The van der Waals surface area contributed by atoms with Gasteiger partial charge in [-0.2, -0.15) is 0 Å². The number of hydrogen-bond donors (Lipinski definition) is 1. The highest BCUT2D eigenvalue weighted by Gasteiger charge is 2.41. The quantitative estimate of drug-likeness (QED) is 0.830. The van der Waals surface area contributed by atoms with Crippen molar-refractivity contribution in [2.24, 2.45) is 11.3 Å². The minimum absolute atomic E-state index is 0.00964. The number of nitrogens with zero attached hydrogens (tertiary/aromatic N) is 2. The third-order valence-corrected chi connectivity index (χ3v) is 5.42. The topological polar surface area (TPSA) is 53.0 Å². The molecule has 22 heavy (non-hydrogen) atoms. The smallest absolute Gasteiger partial charge is 0.228 e. The van der Waals surface area contributed by atoms with Gasteiger partial charge < -0.3 is 14.7 Å². The van der Waals surface area contributed by atoms with E-state index in [0.717, 1.165) is 52.1 Å². The number of likely N-dealkylation sites (tertiary alicyclic amines) is 2. The van der Waals surface area contributed by atoms with Crippen molar-refractivity contribution in [2.75, 3.05) is 39.4 Å². The molecular formula is C17H30N2O3. The summed E-state index contributed by atoms with van der Waals surface area (Å²) in [6.07, 6.45) is 3.43. The molecule has 5 nitrogen and oxygen atoms in total. The average molecular weight is 310 g/mol. The Labute approximate surface area is 133 Å². The fourth-order valence-electron chi connectivity index (χ4n) is 4.17. The van der Waals surface area contributed by atoms with Crippen LogP contribution in [0.2, 0.25) is 0 Å². The highest BCUT2D eigenvalue weighted by atomic mass is 16.5. The molecule has 1 atom stereocenters. The summed E-state index contributed by atoms with van der Waals surface area (Å²) in [5.41, 5.74) is 0.00964. The minimum Gasteiger partial charge on any atom is -0.393 e. The Bertz CT molecular complexity index is 401. The van der Waals surface area contributed by atoms with E-state index < -0.39 is 0 Å². The van der Waals surface area contributed by atoms with Crippen LogP contribution in [0.1, 0.15) is 39.5 Å². The van der Waals surface area contributed by atoms with E-state index in [0.29, 0.717) is 24.9 Å². The maximum atomic E-state index is 12.7. The molecular weight excluding hydrogens is 280 g/mol. The molecule has 0 radical (unpaired) electrons. The van der Waals surface area contributed by atoms with E-state index in [1.807, 2.05) is 4.90 Å². The van der Waals surface area contributed by atoms with E-state index >= 15 is 0 Å². The molecule has 1 N–H and O–H groups in total. The molecule has 0 aromatic rings. The lowest BCUT2D eigenvalue weighted by Crippen LogP contribution is -2.59. The molecule has 0 saturated carbocycles. The first-order valence-electron chi connectivity index (χ1n) is 8.73. The van der Waals surface area contributed by atoms with Gasteiger partial charge in [-0.25, -0.2) is 0 Å².